The van der Waals surface area contributed by atoms with Crippen LogP contribution in [-0.2, 0) is 0 Å². The Kier molecular flexibility index (Phi) is 8.79. The number of rotatable bonds is 3. The van der Waals surface area contributed by atoms with Crippen LogP contribution >= 0.6 is 36.4 Å². The van der Waals surface area contributed by atoms with E-state index in [4.69, 9.17) is 16.3 Å². The minimum atomic E-state index is 0. The molecule has 19 heavy (non-hydrogen) atoms. The Labute approximate surface area is 132 Å². The van der Waals surface area contributed by atoms with Crippen LogP contribution in [0, 0.1) is 0 Å². The molecule has 1 aromatic rings. The Balaban J connectivity index is 0.00000162. The summed E-state index contributed by atoms with van der Waals surface area (Å²) in [4.78, 5) is 2.47. The molecule has 1 saturated heterocycles. The fourth-order valence-electron chi connectivity index (χ4n) is 2.22. The summed E-state index contributed by atoms with van der Waals surface area (Å²) >= 11 is 6.04. The van der Waals surface area contributed by atoms with E-state index in [0.29, 0.717) is 11.1 Å². The van der Waals surface area contributed by atoms with Crippen LogP contribution in [0.1, 0.15) is 18.5 Å². The maximum Gasteiger partial charge on any atom is 0.137 e. The molecule has 1 fully saturated rings. The Morgan fingerprint density at radius 2 is 1.89 bits per heavy atom. The fourth-order valence-corrected chi connectivity index (χ4v) is 2.41. The molecular weight excluding hydrogens is 307 g/mol. The van der Waals surface area contributed by atoms with Gasteiger partial charge in [-0.15, -0.1) is 24.8 Å². The molecule has 0 aliphatic carbocycles. The second kappa shape index (κ2) is 8.88. The normalized spacial score (nSPS) is 17.0. The predicted octanol–water partition coefficient (Wildman–Crippen LogP) is 3.16. The predicted molar refractivity (Wildman–Crippen MR) is 85.4 cm³/mol. The summed E-state index contributed by atoms with van der Waals surface area (Å²) in [6.45, 7) is 6.54. The molecule has 110 valence electrons. The van der Waals surface area contributed by atoms with Crippen LogP contribution in [0.4, 0.5) is 0 Å². The van der Waals surface area contributed by atoms with Gasteiger partial charge in [-0.05, 0) is 24.6 Å². The van der Waals surface area contributed by atoms with E-state index in [0.717, 1.165) is 31.9 Å². The Morgan fingerprint density at radius 1 is 1.26 bits per heavy atom. The lowest BCUT2D eigenvalue weighted by Crippen LogP contribution is -2.44. The van der Waals surface area contributed by atoms with E-state index in [1.165, 1.54) is 5.56 Å². The first kappa shape index (κ1) is 18.8. The molecule has 1 aliphatic rings. The number of nitrogens with zero attached hydrogens (tertiary/aromatic N) is 1. The third-order valence-corrected chi connectivity index (χ3v) is 3.67. The first-order valence-electron chi connectivity index (χ1n) is 6.00. The second-order valence-electron chi connectivity index (χ2n) is 4.36. The zero-order valence-corrected chi connectivity index (χ0v) is 13.6. The lowest BCUT2D eigenvalue weighted by Gasteiger charge is -2.33. The SMILES string of the molecule is COc1cc([C@@H](C)N2CCNCC2)ccc1Cl.Cl.Cl. The number of nitrogens with one attached hydrogen (secondary N) is 1. The molecule has 2 rings (SSSR count). The number of benzene rings is 1. The second-order valence-corrected chi connectivity index (χ2v) is 4.76. The Morgan fingerprint density at radius 3 is 2.47 bits per heavy atom. The summed E-state index contributed by atoms with van der Waals surface area (Å²) in [7, 11) is 1.65. The van der Waals surface area contributed by atoms with Gasteiger partial charge in [-0.2, -0.15) is 0 Å². The molecule has 6 heteroatoms. The third-order valence-electron chi connectivity index (χ3n) is 3.36. The number of methoxy groups -OCH3 is 1. The minimum Gasteiger partial charge on any atom is -0.495 e. The van der Waals surface area contributed by atoms with Crippen molar-refractivity contribution in [3.05, 3.63) is 28.8 Å². The quantitative estimate of drug-likeness (QED) is 0.923. The summed E-state index contributed by atoms with van der Waals surface area (Å²) in [6, 6.07) is 6.43. The van der Waals surface area contributed by atoms with E-state index in [2.05, 4.69) is 23.2 Å². The van der Waals surface area contributed by atoms with Crippen LogP contribution in [0.5, 0.6) is 5.75 Å². The molecule has 1 aliphatic heterocycles. The maximum atomic E-state index is 6.04. The van der Waals surface area contributed by atoms with Gasteiger partial charge in [0.2, 0.25) is 0 Å². The molecule has 3 nitrogen and oxygen atoms in total. The average Bonchev–Trinajstić information content (AvgIpc) is 2.39. The highest BCUT2D eigenvalue weighted by Crippen LogP contribution is 2.29. The van der Waals surface area contributed by atoms with Crippen molar-refractivity contribution in [2.45, 2.75) is 13.0 Å². The van der Waals surface area contributed by atoms with Crippen LogP contribution in [-0.4, -0.2) is 38.2 Å². The van der Waals surface area contributed by atoms with Gasteiger partial charge in [0.25, 0.3) is 0 Å². The molecule has 1 atom stereocenters. The molecular formula is C13H21Cl3N2O. The molecule has 0 amide bonds. The molecule has 0 radical (unpaired) electrons. The third kappa shape index (κ3) is 4.69. The molecule has 0 aromatic heterocycles. The lowest BCUT2D eigenvalue weighted by molar-refractivity contribution is 0.185. The highest BCUT2D eigenvalue weighted by molar-refractivity contribution is 6.32. The maximum absolute atomic E-state index is 6.04. The number of ether oxygens (including phenoxy) is 1. The molecule has 1 N–H and O–H groups in total. The van der Waals surface area contributed by atoms with E-state index in [1.807, 2.05) is 12.1 Å². The minimum absolute atomic E-state index is 0. The standard InChI is InChI=1S/C13H19ClN2O.2ClH/c1-10(16-7-5-15-6-8-16)11-3-4-12(14)13(9-11)17-2;;/h3-4,9-10,15H,5-8H2,1-2H3;2*1H/t10-;;/m1../s1. The van der Waals surface area contributed by atoms with Gasteiger partial charge in [0.15, 0.2) is 0 Å². The summed E-state index contributed by atoms with van der Waals surface area (Å²) in [5, 5.41) is 4.04. The van der Waals surface area contributed by atoms with Crippen LogP contribution in [0.15, 0.2) is 18.2 Å². The van der Waals surface area contributed by atoms with Crippen LogP contribution in [0.25, 0.3) is 0 Å². The van der Waals surface area contributed by atoms with Crippen molar-refractivity contribution in [2.75, 3.05) is 33.3 Å². The van der Waals surface area contributed by atoms with Gasteiger partial charge in [-0.25, -0.2) is 0 Å². The van der Waals surface area contributed by atoms with Crippen molar-refractivity contribution in [3.63, 3.8) is 0 Å². The monoisotopic (exact) mass is 326 g/mol. The van der Waals surface area contributed by atoms with Gasteiger partial charge in [0.05, 0.1) is 12.1 Å². The molecule has 1 heterocycles. The topological polar surface area (TPSA) is 24.5 Å². The van der Waals surface area contributed by atoms with Crippen molar-refractivity contribution in [2.24, 2.45) is 0 Å². The van der Waals surface area contributed by atoms with Crippen molar-refractivity contribution >= 4 is 36.4 Å². The highest BCUT2D eigenvalue weighted by atomic mass is 35.5. The van der Waals surface area contributed by atoms with Crippen LogP contribution < -0.4 is 10.1 Å². The van der Waals surface area contributed by atoms with Gasteiger partial charge < -0.3 is 10.1 Å². The van der Waals surface area contributed by atoms with Crippen molar-refractivity contribution < 1.29 is 4.74 Å². The Hall–Kier alpha value is -0.190. The zero-order valence-electron chi connectivity index (χ0n) is 11.2. The lowest BCUT2D eigenvalue weighted by atomic mass is 10.1. The first-order chi connectivity index (χ1) is 8.22. The van der Waals surface area contributed by atoms with Crippen molar-refractivity contribution in [1.82, 2.24) is 10.2 Å². The average molecular weight is 328 g/mol. The summed E-state index contributed by atoms with van der Waals surface area (Å²) in [5.41, 5.74) is 1.26. The van der Waals surface area contributed by atoms with E-state index >= 15 is 0 Å². The highest BCUT2D eigenvalue weighted by Gasteiger charge is 2.18. The summed E-state index contributed by atoms with van der Waals surface area (Å²) in [6.07, 6.45) is 0. The molecule has 0 spiro atoms. The molecule has 1 aromatic carbocycles. The summed E-state index contributed by atoms with van der Waals surface area (Å²) < 4.78 is 5.26. The number of hydrogen-bond donors (Lipinski definition) is 1. The molecule has 0 saturated carbocycles. The van der Waals surface area contributed by atoms with Gasteiger partial charge in [0, 0.05) is 32.2 Å². The van der Waals surface area contributed by atoms with E-state index < -0.39 is 0 Å². The largest absolute Gasteiger partial charge is 0.495 e. The van der Waals surface area contributed by atoms with Crippen molar-refractivity contribution in [1.29, 1.82) is 0 Å². The Bertz CT molecular complexity index is 384. The number of hydrogen-bond acceptors (Lipinski definition) is 3. The summed E-state index contributed by atoms with van der Waals surface area (Å²) in [5.74, 6) is 0.756. The van der Waals surface area contributed by atoms with Gasteiger partial charge in [-0.1, -0.05) is 17.7 Å². The van der Waals surface area contributed by atoms with E-state index in [1.54, 1.807) is 7.11 Å². The fraction of sp³-hybridized carbons (Fsp3) is 0.538. The first-order valence-corrected chi connectivity index (χ1v) is 6.38. The van der Waals surface area contributed by atoms with Gasteiger partial charge in [0.1, 0.15) is 5.75 Å². The zero-order chi connectivity index (χ0) is 12.3. The number of piperazine rings is 1. The van der Waals surface area contributed by atoms with Gasteiger partial charge in [-0.3, -0.25) is 4.90 Å². The van der Waals surface area contributed by atoms with Gasteiger partial charge >= 0.3 is 0 Å². The van der Waals surface area contributed by atoms with Crippen LogP contribution in [0.2, 0.25) is 5.02 Å². The van der Waals surface area contributed by atoms with E-state index in [-0.39, 0.29) is 24.8 Å². The van der Waals surface area contributed by atoms with Crippen molar-refractivity contribution in [3.8, 4) is 5.75 Å². The van der Waals surface area contributed by atoms with Crippen LogP contribution in [0.3, 0.4) is 0 Å². The molecule has 0 unspecified atom stereocenters. The molecule has 0 bridgehead atoms. The smallest absolute Gasteiger partial charge is 0.137 e. The number of halogens is 3. The van der Waals surface area contributed by atoms with E-state index in [9.17, 15) is 0 Å².